The number of nitrogens with two attached hydrogens (primary N) is 1. The Morgan fingerprint density at radius 3 is 2.78 bits per heavy atom. The summed E-state index contributed by atoms with van der Waals surface area (Å²) in [6.07, 6.45) is 6.01. The normalized spacial score (nSPS) is 14.1. The number of pyridine rings is 1. The maximum atomic E-state index is 13.2. The molecule has 0 aliphatic carbocycles. The van der Waals surface area contributed by atoms with E-state index in [0.717, 1.165) is 45.7 Å². The van der Waals surface area contributed by atoms with Crippen molar-refractivity contribution in [3.63, 3.8) is 0 Å². The van der Waals surface area contributed by atoms with Gasteiger partial charge in [-0.25, -0.2) is 9.97 Å². The summed E-state index contributed by atoms with van der Waals surface area (Å²) in [5.41, 5.74) is 12.6. The van der Waals surface area contributed by atoms with E-state index in [2.05, 4.69) is 33.1 Å². The third-order valence-electron chi connectivity index (χ3n) is 6.13. The summed E-state index contributed by atoms with van der Waals surface area (Å²) in [6.45, 7) is 4.24. The van der Waals surface area contributed by atoms with Crippen LogP contribution < -0.4 is 10.6 Å². The van der Waals surface area contributed by atoms with Crippen molar-refractivity contribution >= 4 is 38.3 Å². The summed E-state index contributed by atoms with van der Waals surface area (Å²) < 4.78 is 0. The first-order chi connectivity index (χ1) is 15.6. The van der Waals surface area contributed by atoms with Gasteiger partial charge in [-0.15, -0.1) is 0 Å². The predicted molar refractivity (Wildman–Crippen MR) is 133 cm³/mol. The zero-order chi connectivity index (χ0) is 22.1. The Bertz CT molecular complexity index is 1290. The molecular formula is C26H26N4OS. The maximum absolute atomic E-state index is 13.2. The Morgan fingerprint density at radius 1 is 1.09 bits per heavy atom. The number of anilines is 2. The minimum atomic E-state index is 0.119. The SMILES string of the molecule is Cc1ccc(C(=O)Cc2cccc(N3CCCCC3)c2)cc1-c1cnc2sc(N)nc2c1. The van der Waals surface area contributed by atoms with Crippen LogP contribution >= 0.6 is 11.3 Å². The average molecular weight is 443 g/mol. The van der Waals surface area contributed by atoms with Crippen molar-refractivity contribution in [2.75, 3.05) is 23.7 Å². The van der Waals surface area contributed by atoms with Crippen LogP contribution in [0.15, 0.2) is 54.7 Å². The number of carbonyl (C=O) groups excluding carboxylic acids is 1. The van der Waals surface area contributed by atoms with Crippen LogP contribution in [-0.2, 0) is 6.42 Å². The molecule has 5 rings (SSSR count). The van der Waals surface area contributed by atoms with Gasteiger partial charge < -0.3 is 10.6 Å². The van der Waals surface area contributed by atoms with Crippen LogP contribution in [-0.4, -0.2) is 28.8 Å². The van der Waals surface area contributed by atoms with Gasteiger partial charge >= 0.3 is 0 Å². The van der Waals surface area contributed by atoms with Gasteiger partial charge in [0.2, 0.25) is 0 Å². The summed E-state index contributed by atoms with van der Waals surface area (Å²) in [4.78, 5) is 25.3. The molecule has 0 saturated carbocycles. The molecule has 2 aromatic heterocycles. The van der Waals surface area contributed by atoms with Gasteiger partial charge in [0.1, 0.15) is 10.3 Å². The fourth-order valence-corrected chi connectivity index (χ4v) is 5.05. The molecule has 0 radical (unpaired) electrons. The lowest BCUT2D eigenvalue weighted by Crippen LogP contribution is -2.29. The van der Waals surface area contributed by atoms with Gasteiger partial charge in [0.25, 0.3) is 0 Å². The lowest BCUT2D eigenvalue weighted by atomic mass is 9.95. The van der Waals surface area contributed by atoms with Crippen LogP contribution in [0, 0.1) is 6.92 Å². The standard InChI is InChI=1S/C26H26N4OS/c1-17-8-9-19(14-22(17)20-15-23-25(28-16-20)32-26(27)29-23)24(31)13-18-6-5-7-21(12-18)30-10-3-2-4-11-30/h5-9,12,14-16H,2-4,10-11,13H2,1H3,(H2,27,29). The zero-order valence-corrected chi connectivity index (χ0v) is 19.0. The number of thiazole rings is 1. The predicted octanol–water partition coefficient (Wildman–Crippen LogP) is 5.66. The quantitative estimate of drug-likeness (QED) is 0.404. The van der Waals surface area contributed by atoms with Gasteiger partial charge in [-0.2, -0.15) is 0 Å². The van der Waals surface area contributed by atoms with Gasteiger partial charge in [-0.05, 0) is 67.1 Å². The molecule has 4 aromatic rings. The van der Waals surface area contributed by atoms with E-state index >= 15 is 0 Å². The number of aryl methyl sites for hydroxylation is 1. The van der Waals surface area contributed by atoms with Crippen molar-refractivity contribution in [1.29, 1.82) is 0 Å². The van der Waals surface area contributed by atoms with Crippen LogP contribution in [0.4, 0.5) is 10.8 Å². The van der Waals surface area contributed by atoms with Gasteiger partial charge in [-0.1, -0.05) is 35.6 Å². The molecule has 162 valence electrons. The number of nitrogens with zero attached hydrogens (tertiary/aromatic N) is 3. The van der Waals surface area contributed by atoms with Crippen LogP contribution in [0.1, 0.15) is 40.7 Å². The molecule has 6 heteroatoms. The number of ketones is 1. The molecule has 0 bridgehead atoms. The second-order valence-electron chi connectivity index (χ2n) is 8.45. The van der Waals surface area contributed by atoms with Crippen molar-refractivity contribution in [3.05, 3.63) is 71.4 Å². The summed E-state index contributed by atoms with van der Waals surface area (Å²) in [7, 11) is 0. The highest BCUT2D eigenvalue weighted by atomic mass is 32.1. The largest absolute Gasteiger partial charge is 0.375 e. The highest BCUT2D eigenvalue weighted by Gasteiger charge is 2.15. The van der Waals surface area contributed by atoms with Crippen molar-refractivity contribution < 1.29 is 4.79 Å². The summed E-state index contributed by atoms with van der Waals surface area (Å²) in [5.74, 6) is 0.119. The van der Waals surface area contributed by atoms with E-state index in [4.69, 9.17) is 5.73 Å². The first-order valence-corrected chi connectivity index (χ1v) is 11.9. The van der Waals surface area contributed by atoms with E-state index in [9.17, 15) is 4.79 Å². The van der Waals surface area contributed by atoms with Crippen molar-refractivity contribution in [2.24, 2.45) is 0 Å². The van der Waals surface area contributed by atoms with Crippen LogP contribution in [0.25, 0.3) is 21.5 Å². The molecule has 1 aliphatic heterocycles. The van der Waals surface area contributed by atoms with Crippen LogP contribution in [0.5, 0.6) is 0 Å². The lowest BCUT2D eigenvalue weighted by Gasteiger charge is -2.29. The molecule has 1 aliphatic rings. The second kappa shape index (κ2) is 8.71. The molecular weight excluding hydrogens is 416 g/mol. The van der Waals surface area contributed by atoms with Crippen LogP contribution in [0.3, 0.4) is 0 Å². The first-order valence-electron chi connectivity index (χ1n) is 11.1. The van der Waals surface area contributed by atoms with E-state index in [-0.39, 0.29) is 5.78 Å². The number of hydrogen-bond acceptors (Lipinski definition) is 6. The number of carbonyl (C=O) groups is 1. The zero-order valence-electron chi connectivity index (χ0n) is 18.2. The van der Waals surface area contributed by atoms with Gasteiger partial charge in [0.15, 0.2) is 10.9 Å². The number of hydrogen-bond donors (Lipinski definition) is 1. The molecule has 32 heavy (non-hydrogen) atoms. The Labute approximate surface area is 191 Å². The minimum Gasteiger partial charge on any atom is -0.375 e. The number of benzene rings is 2. The molecule has 0 atom stereocenters. The number of rotatable bonds is 5. The molecule has 0 unspecified atom stereocenters. The summed E-state index contributed by atoms with van der Waals surface area (Å²) >= 11 is 1.38. The van der Waals surface area contributed by atoms with E-state index < -0.39 is 0 Å². The molecule has 0 spiro atoms. The number of aromatic nitrogens is 2. The van der Waals surface area contributed by atoms with E-state index in [1.807, 2.05) is 43.5 Å². The third-order valence-corrected chi connectivity index (χ3v) is 6.94. The van der Waals surface area contributed by atoms with Crippen molar-refractivity contribution in [2.45, 2.75) is 32.6 Å². The fourth-order valence-electron chi connectivity index (χ4n) is 4.40. The topological polar surface area (TPSA) is 72.1 Å². The molecule has 2 aromatic carbocycles. The number of Topliss-reactive ketones (excluding diaryl/α,β-unsaturated/α-hetero) is 1. The molecule has 2 N–H and O–H groups in total. The molecule has 5 nitrogen and oxygen atoms in total. The monoisotopic (exact) mass is 442 g/mol. The van der Waals surface area contributed by atoms with E-state index in [1.54, 1.807) is 0 Å². The molecule has 3 heterocycles. The third kappa shape index (κ3) is 4.23. The van der Waals surface area contributed by atoms with Crippen LogP contribution in [0.2, 0.25) is 0 Å². The highest BCUT2D eigenvalue weighted by Crippen LogP contribution is 2.30. The van der Waals surface area contributed by atoms with Gasteiger partial charge in [0, 0.05) is 42.5 Å². The molecule has 0 amide bonds. The Kier molecular flexibility index (Phi) is 5.62. The van der Waals surface area contributed by atoms with Gasteiger partial charge in [-0.3, -0.25) is 4.79 Å². The number of nitrogen functional groups attached to an aromatic ring is 1. The minimum absolute atomic E-state index is 0.119. The molecule has 1 fully saturated rings. The van der Waals surface area contributed by atoms with E-state index in [1.165, 1.54) is 36.3 Å². The highest BCUT2D eigenvalue weighted by molar-refractivity contribution is 7.21. The number of fused-ring (bicyclic) bond motifs is 1. The molecule has 1 saturated heterocycles. The second-order valence-corrected chi connectivity index (χ2v) is 9.46. The van der Waals surface area contributed by atoms with E-state index in [0.29, 0.717) is 17.1 Å². The van der Waals surface area contributed by atoms with Gasteiger partial charge in [0.05, 0.1) is 0 Å². The average Bonchev–Trinajstić information content (AvgIpc) is 3.19. The summed E-state index contributed by atoms with van der Waals surface area (Å²) in [5, 5.41) is 0.511. The Hall–Kier alpha value is -3.25. The smallest absolute Gasteiger partial charge is 0.182 e. The van der Waals surface area contributed by atoms with Crippen molar-refractivity contribution in [1.82, 2.24) is 9.97 Å². The lowest BCUT2D eigenvalue weighted by molar-refractivity contribution is 0.0993. The maximum Gasteiger partial charge on any atom is 0.182 e. The Morgan fingerprint density at radius 2 is 1.94 bits per heavy atom. The first kappa shape index (κ1) is 20.6. The van der Waals surface area contributed by atoms with Crippen molar-refractivity contribution in [3.8, 4) is 11.1 Å². The number of piperidine rings is 1. The fraction of sp³-hybridized carbons (Fsp3) is 0.269. The Balaban J connectivity index is 1.39. The summed E-state index contributed by atoms with van der Waals surface area (Å²) in [6, 6.07) is 16.3.